The van der Waals surface area contributed by atoms with Gasteiger partial charge in [0.2, 0.25) is 0 Å². The van der Waals surface area contributed by atoms with Gasteiger partial charge in [0.05, 0.1) is 0 Å². The van der Waals surface area contributed by atoms with E-state index < -0.39 is 0 Å². The molecule has 0 saturated carbocycles. The van der Waals surface area contributed by atoms with Gasteiger partial charge in [-0.25, -0.2) is 0 Å². The molecule has 1 aromatic heterocycles. The van der Waals surface area contributed by atoms with E-state index >= 15 is 0 Å². The highest BCUT2D eigenvalue weighted by molar-refractivity contribution is 5.85. The number of nitrogens with zero attached hydrogens (tertiary/aromatic N) is 1. The summed E-state index contributed by atoms with van der Waals surface area (Å²) in [6, 6.07) is 13.8. The number of pyridine rings is 1. The Bertz CT molecular complexity index is 401. The van der Waals surface area contributed by atoms with Gasteiger partial charge in [-0.15, -0.1) is 12.4 Å². The summed E-state index contributed by atoms with van der Waals surface area (Å²) in [5, 5.41) is 0. The largest absolute Gasteiger partial charge is 0.326 e. The van der Waals surface area contributed by atoms with Crippen molar-refractivity contribution in [3.8, 4) is 0 Å². The molecular weight excluding hydrogens is 232 g/mol. The fraction of sp³-hybridized carbons (Fsp3) is 0.0714. The molecule has 1 heterocycles. The number of hydrogen-bond donors (Lipinski definition) is 1. The molecule has 17 heavy (non-hydrogen) atoms. The van der Waals surface area contributed by atoms with Crippen LogP contribution in [0.1, 0.15) is 11.1 Å². The summed E-state index contributed by atoms with van der Waals surface area (Å²) in [6.45, 7) is 4.24. The second kappa shape index (κ2) is 9.58. The summed E-state index contributed by atoms with van der Waals surface area (Å²) >= 11 is 0. The molecule has 2 aromatic rings. The first-order valence-electron chi connectivity index (χ1n) is 5.13. The molecule has 2 N–H and O–H groups in total. The first-order chi connectivity index (χ1) is 7.86. The summed E-state index contributed by atoms with van der Waals surface area (Å²) in [4.78, 5) is 3.85. The number of halogens is 1. The zero-order valence-corrected chi connectivity index (χ0v) is 10.4. The van der Waals surface area contributed by atoms with Crippen LogP contribution in [0.25, 0.3) is 6.08 Å². The van der Waals surface area contributed by atoms with E-state index in [-0.39, 0.29) is 12.4 Å². The van der Waals surface area contributed by atoms with Crippen molar-refractivity contribution in [1.29, 1.82) is 0 Å². The average molecular weight is 249 g/mol. The van der Waals surface area contributed by atoms with Crippen molar-refractivity contribution in [2.45, 2.75) is 6.54 Å². The fourth-order valence-electron chi connectivity index (χ4n) is 1.11. The quantitative estimate of drug-likeness (QED) is 0.886. The van der Waals surface area contributed by atoms with Gasteiger partial charge < -0.3 is 5.73 Å². The Labute approximate surface area is 109 Å². The predicted molar refractivity (Wildman–Crippen MR) is 75.9 cm³/mol. The minimum atomic E-state index is 0. The van der Waals surface area contributed by atoms with Gasteiger partial charge in [-0.05, 0) is 23.3 Å². The molecule has 0 aliphatic heterocycles. The minimum absolute atomic E-state index is 0. The maximum atomic E-state index is 5.35. The normalized spacial score (nSPS) is 8.29. The number of rotatable bonds is 2. The fourth-order valence-corrected chi connectivity index (χ4v) is 1.11. The molecule has 2 rings (SSSR count). The SMILES string of the molecule is C=Cc1ccncc1.Cl.NCc1ccccc1. The second-order valence-electron chi connectivity index (χ2n) is 3.17. The van der Waals surface area contributed by atoms with E-state index in [1.54, 1.807) is 18.5 Å². The van der Waals surface area contributed by atoms with Crippen molar-refractivity contribution in [1.82, 2.24) is 4.98 Å². The lowest BCUT2D eigenvalue weighted by molar-refractivity contribution is 1.07. The number of nitrogens with two attached hydrogens (primary N) is 1. The molecule has 2 nitrogen and oxygen atoms in total. The molecule has 0 saturated heterocycles. The van der Waals surface area contributed by atoms with Crippen molar-refractivity contribution in [2.75, 3.05) is 0 Å². The minimum Gasteiger partial charge on any atom is -0.326 e. The van der Waals surface area contributed by atoms with Crippen molar-refractivity contribution >= 4 is 18.5 Å². The van der Waals surface area contributed by atoms with E-state index in [0.29, 0.717) is 6.54 Å². The maximum Gasteiger partial charge on any atom is 0.0273 e. The highest BCUT2D eigenvalue weighted by Crippen LogP contribution is 1.95. The molecular formula is C14H17ClN2. The van der Waals surface area contributed by atoms with Gasteiger partial charge >= 0.3 is 0 Å². The lowest BCUT2D eigenvalue weighted by Gasteiger charge is -1.90. The Hall–Kier alpha value is -1.64. The third kappa shape index (κ3) is 6.51. The summed E-state index contributed by atoms with van der Waals surface area (Å²) < 4.78 is 0. The first-order valence-corrected chi connectivity index (χ1v) is 5.13. The van der Waals surface area contributed by atoms with E-state index in [9.17, 15) is 0 Å². The average Bonchev–Trinajstić information content (AvgIpc) is 2.41. The smallest absolute Gasteiger partial charge is 0.0273 e. The third-order valence-electron chi connectivity index (χ3n) is 2.02. The van der Waals surface area contributed by atoms with Crippen LogP contribution in [0.4, 0.5) is 0 Å². The summed E-state index contributed by atoms with van der Waals surface area (Å²) in [6.07, 6.45) is 5.29. The highest BCUT2D eigenvalue weighted by atomic mass is 35.5. The molecule has 0 fully saturated rings. The Balaban J connectivity index is 0.000000284. The number of aromatic nitrogens is 1. The number of benzene rings is 1. The number of hydrogen-bond acceptors (Lipinski definition) is 2. The Morgan fingerprint density at radius 3 is 2.00 bits per heavy atom. The molecule has 0 atom stereocenters. The Morgan fingerprint density at radius 2 is 1.65 bits per heavy atom. The van der Waals surface area contributed by atoms with Crippen LogP contribution in [0.3, 0.4) is 0 Å². The molecule has 0 spiro atoms. The molecule has 0 aliphatic carbocycles. The second-order valence-corrected chi connectivity index (χ2v) is 3.17. The van der Waals surface area contributed by atoms with Gasteiger partial charge in [0.25, 0.3) is 0 Å². The topological polar surface area (TPSA) is 38.9 Å². The lowest BCUT2D eigenvalue weighted by atomic mass is 10.2. The summed E-state index contributed by atoms with van der Waals surface area (Å²) in [5.41, 5.74) is 7.65. The van der Waals surface area contributed by atoms with Gasteiger partial charge in [0.15, 0.2) is 0 Å². The molecule has 0 unspecified atom stereocenters. The maximum absolute atomic E-state index is 5.35. The van der Waals surface area contributed by atoms with Crippen LogP contribution in [0.15, 0.2) is 61.4 Å². The predicted octanol–water partition coefficient (Wildman–Crippen LogP) is 3.29. The molecule has 1 aromatic carbocycles. The Kier molecular flexibility index (Phi) is 8.65. The third-order valence-corrected chi connectivity index (χ3v) is 2.02. The van der Waals surface area contributed by atoms with Crippen LogP contribution in [-0.2, 0) is 6.54 Å². The highest BCUT2D eigenvalue weighted by Gasteiger charge is 1.80. The molecule has 0 bridgehead atoms. The van der Waals surface area contributed by atoms with Crippen LogP contribution < -0.4 is 5.73 Å². The van der Waals surface area contributed by atoms with Crippen LogP contribution in [0.5, 0.6) is 0 Å². The van der Waals surface area contributed by atoms with Crippen molar-refractivity contribution in [3.63, 3.8) is 0 Å². The summed E-state index contributed by atoms with van der Waals surface area (Å²) in [5.74, 6) is 0. The van der Waals surface area contributed by atoms with Crippen LogP contribution in [0.2, 0.25) is 0 Å². The van der Waals surface area contributed by atoms with Gasteiger partial charge in [0, 0.05) is 18.9 Å². The molecule has 0 amide bonds. The Morgan fingerprint density at radius 1 is 1.06 bits per heavy atom. The van der Waals surface area contributed by atoms with Gasteiger partial charge in [0.1, 0.15) is 0 Å². The molecule has 0 radical (unpaired) electrons. The molecule has 0 aliphatic rings. The van der Waals surface area contributed by atoms with Gasteiger partial charge in [-0.3, -0.25) is 4.98 Å². The van der Waals surface area contributed by atoms with Crippen LogP contribution >= 0.6 is 12.4 Å². The van der Waals surface area contributed by atoms with Crippen molar-refractivity contribution in [3.05, 3.63) is 72.6 Å². The van der Waals surface area contributed by atoms with E-state index in [4.69, 9.17) is 5.73 Å². The lowest BCUT2D eigenvalue weighted by Crippen LogP contribution is -1.94. The monoisotopic (exact) mass is 248 g/mol. The van der Waals surface area contributed by atoms with Crippen molar-refractivity contribution in [2.24, 2.45) is 5.73 Å². The van der Waals surface area contributed by atoms with E-state index in [1.807, 2.05) is 42.5 Å². The standard InChI is InChI=1S/C7H7N.C7H9N.ClH/c1-2-7-3-5-8-6-4-7;8-6-7-4-2-1-3-5-7;/h2-6H,1H2;1-5H,6,8H2;1H. The van der Waals surface area contributed by atoms with Crippen molar-refractivity contribution < 1.29 is 0 Å². The van der Waals surface area contributed by atoms with Gasteiger partial charge in [-0.2, -0.15) is 0 Å². The van der Waals surface area contributed by atoms with Crippen LogP contribution in [-0.4, -0.2) is 4.98 Å². The zero-order chi connectivity index (χ0) is 11.6. The first kappa shape index (κ1) is 15.4. The van der Waals surface area contributed by atoms with E-state index in [0.717, 1.165) is 5.56 Å². The summed E-state index contributed by atoms with van der Waals surface area (Å²) in [7, 11) is 0. The van der Waals surface area contributed by atoms with E-state index in [1.165, 1.54) is 5.56 Å². The molecule has 90 valence electrons. The zero-order valence-electron chi connectivity index (χ0n) is 9.62. The van der Waals surface area contributed by atoms with Crippen LogP contribution in [0, 0.1) is 0 Å². The van der Waals surface area contributed by atoms with E-state index in [2.05, 4.69) is 11.6 Å². The van der Waals surface area contributed by atoms with Gasteiger partial charge in [-0.1, -0.05) is 43.0 Å². The molecule has 3 heteroatoms.